The van der Waals surface area contributed by atoms with Gasteiger partial charge in [-0.25, -0.2) is 37.9 Å². The normalized spacial score (nSPS) is 11.5. The van der Waals surface area contributed by atoms with E-state index in [1.807, 2.05) is 0 Å². The summed E-state index contributed by atoms with van der Waals surface area (Å²) < 4.78 is 35.4. The van der Waals surface area contributed by atoms with E-state index >= 15 is 0 Å². The molecule has 0 N–H and O–H groups in total. The van der Waals surface area contributed by atoms with Gasteiger partial charge >= 0.3 is 22.8 Å². The van der Waals surface area contributed by atoms with Gasteiger partial charge in [-0.15, -0.1) is 0 Å². The van der Waals surface area contributed by atoms with Gasteiger partial charge < -0.3 is 0 Å². The van der Waals surface area contributed by atoms with E-state index in [9.17, 15) is 47.1 Å². The van der Waals surface area contributed by atoms with E-state index in [0.29, 0.717) is 11.1 Å². The Morgan fingerprint density at radius 2 is 0.552 bits per heavy atom. The first-order valence-electron chi connectivity index (χ1n) is 17.2. The van der Waals surface area contributed by atoms with Crippen LogP contribution in [0.4, 0.5) is 8.78 Å². The fraction of sp³-hybridized carbons (Fsp3) is 0.211. The molecule has 0 saturated carbocycles. The van der Waals surface area contributed by atoms with Crippen LogP contribution in [0.15, 0.2) is 86.9 Å². The highest BCUT2D eigenvalue weighted by Crippen LogP contribution is 2.32. The third kappa shape index (κ3) is 5.51. The summed E-state index contributed by atoms with van der Waals surface area (Å²) >= 11 is 0. The molecule has 8 aromatic rings. The Morgan fingerprint density at radius 1 is 0.345 bits per heavy atom. The van der Waals surface area contributed by atoms with Crippen molar-refractivity contribution in [3.8, 4) is 22.3 Å². The predicted octanol–water partition coefficient (Wildman–Crippen LogP) is -0.0222. The van der Waals surface area contributed by atoms with Crippen LogP contribution in [0.3, 0.4) is 0 Å². The second kappa shape index (κ2) is 13.5. The van der Waals surface area contributed by atoms with E-state index in [2.05, 4.69) is 9.97 Å². The highest BCUT2D eigenvalue weighted by molar-refractivity contribution is 6.08. The van der Waals surface area contributed by atoms with Crippen LogP contribution < -0.4 is 45.0 Å². The van der Waals surface area contributed by atoms with Crippen LogP contribution in [-0.2, 0) is 56.4 Å². The smallest absolute Gasteiger partial charge is 0.280 e. The van der Waals surface area contributed by atoms with E-state index in [1.54, 1.807) is 0 Å². The predicted molar refractivity (Wildman–Crippen MR) is 211 cm³/mol. The van der Waals surface area contributed by atoms with E-state index in [1.165, 1.54) is 123 Å². The van der Waals surface area contributed by atoms with Crippen LogP contribution in [0.2, 0.25) is 0 Å². The number of pyridine rings is 2. The van der Waals surface area contributed by atoms with E-state index in [4.69, 9.17) is 0 Å². The summed E-state index contributed by atoms with van der Waals surface area (Å²) in [5, 5.41) is 0.128. The molecule has 0 aliphatic heterocycles. The quantitative estimate of drug-likeness (QED) is 0.214. The number of nitrogens with zero attached hydrogens (tertiary/aromatic N) is 10. The second-order valence-electron chi connectivity index (χ2n) is 13.6. The Labute approximate surface area is 321 Å². The zero-order chi connectivity index (χ0) is 42.4. The minimum absolute atomic E-state index is 0.0215. The minimum atomic E-state index is -0.646. The summed E-state index contributed by atoms with van der Waals surface area (Å²) in [5.41, 5.74) is -3.76. The van der Waals surface area contributed by atoms with E-state index in [-0.39, 0.29) is 55.3 Å². The third-order valence-corrected chi connectivity index (χ3v) is 10.2. The molecule has 0 saturated heterocycles. The molecule has 0 spiro atoms. The number of halogens is 2. The molecule has 6 aromatic heterocycles. The van der Waals surface area contributed by atoms with Crippen molar-refractivity contribution in [2.24, 2.45) is 56.4 Å². The molecule has 58 heavy (non-hydrogen) atoms. The Balaban J connectivity index is 0.000000177. The molecule has 8 rings (SSSR count). The molecule has 0 atom stereocenters. The highest BCUT2D eigenvalue weighted by atomic mass is 19.1. The van der Waals surface area contributed by atoms with E-state index < -0.39 is 56.6 Å². The molecule has 6 heterocycles. The molecule has 0 radical (unpaired) electrons. The van der Waals surface area contributed by atoms with Crippen molar-refractivity contribution >= 4 is 44.1 Å². The average Bonchev–Trinajstić information content (AvgIpc) is 3.22. The Morgan fingerprint density at radius 3 is 0.759 bits per heavy atom. The van der Waals surface area contributed by atoms with Crippen molar-refractivity contribution in [1.82, 2.24) is 46.5 Å². The number of hydrogen-bond acceptors (Lipinski definition) is 10. The molecule has 20 heteroatoms. The molecule has 0 fully saturated rings. The van der Waals surface area contributed by atoms with Crippen molar-refractivity contribution in [2.45, 2.75) is 0 Å². The fourth-order valence-electron chi connectivity index (χ4n) is 6.99. The first kappa shape index (κ1) is 38.6. The first-order valence-corrected chi connectivity index (χ1v) is 17.2. The molecular weight excluding hydrogens is 762 g/mol. The summed E-state index contributed by atoms with van der Waals surface area (Å²) in [4.78, 5) is 110. The van der Waals surface area contributed by atoms with Gasteiger partial charge in [0.05, 0.1) is 21.5 Å². The standard InChI is InChI=1S/2C19H16FN5O4/c2*1-22-14-12(16(26)24(3)18(22)28)11(9-5-7-10(20)8-6-9)13-15(21-14)23(2)19(29)25(4)17(13)27/h2*5-8H,1-4H3. The van der Waals surface area contributed by atoms with Crippen molar-refractivity contribution in [3.05, 3.63) is 144 Å². The minimum Gasteiger partial charge on any atom is -0.280 e. The molecule has 0 unspecified atom stereocenters. The van der Waals surface area contributed by atoms with Gasteiger partial charge in [-0.1, -0.05) is 24.3 Å². The Bertz CT molecular complexity index is 3200. The van der Waals surface area contributed by atoms with Gasteiger partial charge in [0.15, 0.2) is 22.6 Å². The summed E-state index contributed by atoms with van der Waals surface area (Å²) in [6.45, 7) is 0. The number of hydrogen-bond donors (Lipinski definition) is 0. The van der Waals surface area contributed by atoms with Crippen LogP contribution in [-0.4, -0.2) is 46.5 Å². The molecular formula is C38H32F2N10O8. The van der Waals surface area contributed by atoms with Gasteiger partial charge in [-0.05, 0) is 35.4 Å². The van der Waals surface area contributed by atoms with E-state index in [0.717, 1.165) is 18.3 Å². The molecule has 0 aliphatic carbocycles. The highest BCUT2D eigenvalue weighted by Gasteiger charge is 2.25. The molecule has 0 amide bonds. The van der Waals surface area contributed by atoms with Gasteiger partial charge in [0.1, 0.15) is 11.6 Å². The Hall–Kier alpha value is -7.64. The second-order valence-corrected chi connectivity index (χ2v) is 13.6. The number of aryl methyl sites for hydroxylation is 4. The summed E-state index contributed by atoms with van der Waals surface area (Å²) in [6.07, 6.45) is 0. The monoisotopic (exact) mass is 794 g/mol. The number of aromatic nitrogens is 10. The lowest BCUT2D eigenvalue weighted by Crippen LogP contribution is -2.40. The lowest BCUT2D eigenvalue weighted by atomic mass is 9.99. The Kier molecular flexibility index (Phi) is 9.01. The molecule has 0 aliphatic rings. The van der Waals surface area contributed by atoms with Crippen LogP contribution in [0.25, 0.3) is 66.4 Å². The van der Waals surface area contributed by atoms with Crippen molar-refractivity contribution in [2.75, 3.05) is 0 Å². The van der Waals surface area contributed by atoms with Crippen molar-refractivity contribution in [1.29, 1.82) is 0 Å². The van der Waals surface area contributed by atoms with Gasteiger partial charge in [-0.2, -0.15) is 0 Å². The maximum atomic E-state index is 13.5. The summed E-state index contributed by atoms with van der Waals surface area (Å²) in [6, 6.07) is 10.5. The SMILES string of the molecule is Cn1c(=O)c2c(-c3ccc(F)cc3)c3c(=O)n(C)c(=O)n(C)c3nc2n(C)c1=O.Cn1c(=O)c2c(-c3ccc(F)cc3)c3c(=O)n(C)c(=O)n(C)c3nc2n(C)c1=O. The lowest BCUT2D eigenvalue weighted by Gasteiger charge is -2.15. The third-order valence-electron chi connectivity index (χ3n) is 10.2. The van der Waals surface area contributed by atoms with Crippen molar-refractivity contribution in [3.63, 3.8) is 0 Å². The van der Waals surface area contributed by atoms with Gasteiger partial charge in [-0.3, -0.25) is 55.7 Å². The maximum Gasteiger partial charge on any atom is 0.332 e. The van der Waals surface area contributed by atoms with Crippen LogP contribution in [0.1, 0.15) is 0 Å². The molecule has 2 aromatic carbocycles. The first-order chi connectivity index (χ1) is 27.3. The fourth-order valence-corrected chi connectivity index (χ4v) is 6.99. The summed E-state index contributed by atoms with van der Waals surface area (Å²) in [7, 11) is 11.0. The van der Waals surface area contributed by atoms with Gasteiger partial charge in [0.2, 0.25) is 0 Å². The van der Waals surface area contributed by atoms with Crippen molar-refractivity contribution < 1.29 is 8.78 Å². The largest absolute Gasteiger partial charge is 0.332 e. The van der Waals surface area contributed by atoms with Crippen LogP contribution in [0, 0.1) is 11.6 Å². The zero-order valence-electron chi connectivity index (χ0n) is 32.1. The molecule has 18 nitrogen and oxygen atoms in total. The van der Waals surface area contributed by atoms with Crippen LogP contribution in [0.5, 0.6) is 0 Å². The van der Waals surface area contributed by atoms with Gasteiger partial charge in [0.25, 0.3) is 22.2 Å². The van der Waals surface area contributed by atoms with Crippen LogP contribution >= 0.6 is 0 Å². The zero-order valence-corrected chi connectivity index (χ0v) is 32.1. The summed E-state index contributed by atoms with van der Waals surface area (Å²) in [5.74, 6) is -0.978. The lowest BCUT2D eigenvalue weighted by molar-refractivity contribution is 0.627. The molecule has 0 bridgehead atoms. The number of benzene rings is 2. The topological polar surface area (TPSA) is 202 Å². The number of fused-ring (bicyclic) bond motifs is 4. The average molecular weight is 795 g/mol. The maximum absolute atomic E-state index is 13.5. The number of rotatable bonds is 2. The van der Waals surface area contributed by atoms with Gasteiger partial charge in [0, 0.05) is 67.5 Å². The molecule has 296 valence electrons.